The standard InChI is InChI=1S/C7H6Cl2.C5H11N.CH4O/c1-5-2-3-6(8)7(9)4-5;1-2-4-6-5-3-1;1-2/h2-4H,1H3;6H,1-5H2;2H,1H3. The summed E-state index contributed by atoms with van der Waals surface area (Å²) in [6, 6.07) is 5.55. The molecule has 1 aliphatic rings. The molecule has 1 heterocycles. The van der Waals surface area contributed by atoms with Crippen molar-refractivity contribution < 1.29 is 5.11 Å². The van der Waals surface area contributed by atoms with Gasteiger partial charge in [0.25, 0.3) is 0 Å². The quantitative estimate of drug-likeness (QED) is 0.759. The lowest BCUT2D eigenvalue weighted by Gasteiger charge is -2.08. The molecule has 1 fully saturated rings. The fraction of sp³-hybridized carbons (Fsp3) is 0.538. The number of rotatable bonds is 0. The molecule has 1 aliphatic heterocycles. The van der Waals surface area contributed by atoms with E-state index >= 15 is 0 Å². The Hall–Kier alpha value is -0.280. The number of nitrogens with one attached hydrogen (secondary N) is 1. The van der Waals surface area contributed by atoms with Gasteiger partial charge in [-0.05, 0) is 50.6 Å². The van der Waals surface area contributed by atoms with E-state index in [1.165, 1.54) is 32.4 Å². The topological polar surface area (TPSA) is 32.3 Å². The van der Waals surface area contributed by atoms with E-state index in [1.807, 2.05) is 19.1 Å². The Morgan fingerprint density at radius 1 is 1.00 bits per heavy atom. The first-order chi connectivity index (χ1) is 8.20. The molecule has 0 radical (unpaired) electrons. The summed E-state index contributed by atoms with van der Waals surface area (Å²) >= 11 is 11.3. The molecule has 0 atom stereocenters. The van der Waals surface area contributed by atoms with Crippen molar-refractivity contribution in [2.45, 2.75) is 26.2 Å². The third kappa shape index (κ3) is 8.44. The van der Waals surface area contributed by atoms with Crippen LogP contribution in [0.1, 0.15) is 24.8 Å². The summed E-state index contributed by atoms with van der Waals surface area (Å²) in [5, 5.41) is 11.5. The van der Waals surface area contributed by atoms with Gasteiger partial charge in [-0.3, -0.25) is 0 Å². The summed E-state index contributed by atoms with van der Waals surface area (Å²) in [5.41, 5.74) is 1.13. The maximum atomic E-state index is 7.00. The highest BCUT2D eigenvalue weighted by molar-refractivity contribution is 6.41. The molecule has 0 bridgehead atoms. The van der Waals surface area contributed by atoms with Crippen molar-refractivity contribution in [1.29, 1.82) is 0 Å². The molecule has 0 aliphatic carbocycles. The van der Waals surface area contributed by atoms with Crippen LogP contribution in [-0.2, 0) is 0 Å². The van der Waals surface area contributed by atoms with E-state index in [9.17, 15) is 0 Å². The second kappa shape index (κ2) is 10.8. The van der Waals surface area contributed by atoms with Gasteiger partial charge in [0.15, 0.2) is 0 Å². The fourth-order valence-electron chi connectivity index (χ4n) is 1.40. The van der Waals surface area contributed by atoms with Crippen LogP contribution >= 0.6 is 23.2 Å². The van der Waals surface area contributed by atoms with E-state index < -0.39 is 0 Å². The van der Waals surface area contributed by atoms with Crippen LogP contribution in [0.25, 0.3) is 0 Å². The molecule has 1 aromatic carbocycles. The van der Waals surface area contributed by atoms with Gasteiger partial charge in [-0.2, -0.15) is 0 Å². The molecule has 0 saturated carbocycles. The molecule has 4 heteroatoms. The minimum absolute atomic E-state index is 0.613. The van der Waals surface area contributed by atoms with Gasteiger partial charge in [-0.1, -0.05) is 35.7 Å². The van der Waals surface area contributed by atoms with Crippen molar-refractivity contribution in [2.24, 2.45) is 0 Å². The molecular weight excluding hydrogens is 257 g/mol. The van der Waals surface area contributed by atoms with Crippen LogP contribution in [0.4, 0.5) is 0 Å². The third-order valence-electron chi connectivity index (χ3n) is 2.28. The lowest BCUT2D eigenvalue weighted by Crippen LogP contribution is -2.21. The predicted molar refractivity (Wildman–Crippen MR) is 76.1 cm³/mol. The number of piperidine rings is 1. The zero-order valence-electron chi connectivity index (χ0n) is 10.5. The summed E-state index contributed by atoms with van der Waals surface area (Å²) in [7, 11) is 1.00. The number of aliphatic hydroxyl groups is 1. The summed E-state index contributed by atoms with van der Waals surface area (Å²) in [6.45, 7) is 4.47. The van der Waals surface area contributed by atoms with Crippen LogP contribution in [0, 0.1) is 6.92 Å². The average molecular weight is 278 g/mol. The minimum atomic E-state index is 0.613. The van der Waals surface area contributed by atoms with Crippen LogP contribution in [-0.4, -0.2) is 25.3 Å². The molecule has 0 aromatic heterocycles. The van der Waals surface area contributed by atoms with Crippen molar-refractivity contribution in [3.05, 3.63) is 33.8 Å². The van der Waals surface area contributed by atoms with Crippen LogP contribution in [0.15, 0.2) is 18.2 Å². The normalized spacial score (nSPS) is 13.9. The van der Waals surface area contributed by atoms with Crippen molar-refractivity contribution in [1.82, 2.24) is 5.32 Å². The van der Waals surface area contributed by atoms with Crippen molar-refractivity contribution in [2.75, 3.05) is 20.2 Å². The fourth-order valence-corrected chi connectivity index (χ4v) is 1.76. The Labute approximate surface area is 114 Å². The second-order valence-electron chi connectivity index (χ2n) is 3.73. The number of hydrogen-bond donors (Lipinski definition) is 2. The summed E-state index contributed by atoms with van der Waals surface area (Å²) in [5.74, 6) is 0. The Balaban J connectivity index is 0.000000278. The summed E-state index contributed by atoms with van der Waals surface area (Å²) < 4.78 is 0. The number of hydrogen-bond acceptors (Lipinski definition) is 2. The van der Waals surface area contributed by atoms with Crippen LogP contribution in [0.2, 0.25) is 10.0 Å². The predicted octanol–water partition coefficient (Wildman–Crippen LogP) is 3.67. The molecule has 0 unspecified atom stereocenters. The smallest absolute Gasteiger partial charge is 0.0594 e. The average Bonchev–Trinajstić information content (AvgIpc) is 2.39. The zero-order chi connectivity index (χ0) is 13.1. The lowest BCUT2D eigenvalue weighted by molar-refractivity contribution is 0.399. The number of halogens is 2. The number of aliphatic hydroxyl groups excluding tert-OH is 1. The maximum Gasteiger partial charge on any atom is 0.0594 e. The molecule has 2 N–H and O–H groups in total. The molecule has 1 aromatic rings. The van der Waals surface area contributed by atoms with Gasteiger partial charge in [0.05, 0.1) is 10.0 Å². The van der Waals surface area contributed by atoms with Crippen molar-refractivity contribution in [3.63, 3.8) is 0 Å². The van der Waals surface area contributed by atoms with E-state index in [1.54, 1.807) is 6.07 Å². The van der Waals surface area contributed by atoms with Gasteiger partial charge >= 0.3 is 0 Å². The molecule has 1 saturated heterocycles. The number of aryl methyl sites for hydroxylation is 1. The van der Waals surface area contributed by atoms with Gasteiger partial charge in [-0.15, -0.1) is 0 Å². The molecule has 0 spiro atoms. The molecule has 2 rings (SSSR count). The van der Waals surface area contributed by atoms with E-state index in [-0.39, 0.29) is 0 Å². The van der Waals surface area contributed by atoms with Gasteiger partial charge < -0.3 is 10.4 Å². The number of benzene rings is 1. The summed E-state index contributed by atoms with van der Waals surface area (Å²) in [4.78, 5) is 0. The monoisotopic (exact) mass is 277 g/mol. The van der Waals surface area contributed by atoms with E-state index in [0.717, 1.165) is 12.7 Å². The Bertz CT molecular complexity index is 290. The molecule has 98 valence electrons. The largest absolute Gasteiger partial charge is 0.400 e. The maximum absolute atomic E-state index is 7.00. The molecule has 2 nitrogen and oxygen atoms in total. The van der Waals surface area contributed by atoms with Gasteiger partial charge in [0.1, 0.15) is 0 Å². The molecule has 0 amide bonds. The zero-order valence-corrected chi connectivity index (χ0v) is 12.0. The second-order valence-corrected chi connectivity index (χ2v) is 4.54. The van der Waals surface area contributed by atoms with Crippen LogP contribution in [0.5, 0.6) is 0 Å². The highest BCUT2D eigenvalue weighted by Crippen LogP contribution is 2.21. The SMILES string of the molecule is C1CCNCC1.CO.Cc1ccc(Cl)c(Cl)c1. The van der Waals surface area contributed by atoms with Crippen molar-refractivity contribution in [3.8, 4) is 0 Å². The van der Waals surface area contributed by atoms with Crippen LogP contribution < -0.4 is 5.32 Å². The van der Waals surface area contributed by atoms with Crippen LogP contribution in [0.3, 0.4) is 0 Å². The van der Waals surface area contributed by atoms with E-state index in [4.69, 9.17) is 28.3 Å². The highest BCUT2D eigenvalue weighted by Gasteiger charge is 1.94. The first-order valence-electron chi connectivity index (χ1n) is 5.77. The van der Waals surface area contributed by atoms with Gasteiger partial charge in [0.2, 0.25) is 0 Å². The van der Waals surface area contributed by atoms with E-state index in [2.05, 4.69) is 5.32 Å². The highest BCUT2D eigenvalue weighted by atomic mass is 35.5. The Kier molecular flexibility index (Phi) is 10.7. The Morgan fingerprint density at radius 3 is 1.88 bits per heavy atom. The third-order valence-corrected chi connectivity index (χ3v) is 3.02. The lowest BCUT2D eigenvalue weighted by atomic mass is 10.2. The molecule has 17 heavy (non-hydrogen) atoms. The summed E-state index contributed by atoms with van der Waals surface area (Å²) in [6.07, 6.45) is 4.22. The Morgan fingerprint density at radius 2 is 1.59 bits per heavy atom. The van der Waals surface area contributed by atoms with Crippen molar-refractivity contribution >= 4 is 23.2 Å². The first-order valence-corrected chi connectivity index (χ1v) is 6.53. The molecular formula is C13H21Cl2NO. The first kappa shape index (κ1) is 16.7. The minimum Gasteiger partial charge on any atom is -0.400 e. The van der Waals surface area contributed by atoms with Gasteiger partial charge in [0, 0.05) is 7.11 Å². The van der Waals surface area contributed by atoms with Gasteiger partial charge in [-0.25, -0.2) is 0 Å². The van der Waals surface area contributed by atoms with E-state index in [0.29, 0.717) is 10.0 Å².